The van der Waals surface area contributed by atoms with E-state index in [1.165, 1.54) is 99.8 Å². The van der Waals surface area contributed by atoms with E-state index in [1.54, 1.807) is 0 Å². The van der Waals surface area contributed by atoms with E-state index in [9.17, 15) is 0 Å². The Bertz CT molecular complexity index is 3800. The highest BCUT2D eigenvalue weighted by Gasteiger charge is 2.69. The third kappa shape index (κ3) is 3.77. The van der Waals surface area contributed by atoms with Crippen LogP contribution in [0.15, 0.2) is 206 Å². The van der Waals surface area contributed by atoms with Gasteiger partial charge in [-0.25, -0.2) is 0 Å². The summed E-state index contributed by atoms with van der Waals surface area (Å²) in [5, 5.41) is 4.95. The minimum Gasteiger partial charge on any atom is -0.456 e. The molecule has 0 amide bonds. The number of aromatic nitrogens is 4. The fourth-order valence-electron chi connectivity index (χ4n) is 12.2. The van der Waals surface area contributed by atoms with Crippen LogP contribution < -0.4 is 13.9 Å². The van der Waals surface area contributed by atoms with Crippen LogP contribution in [0.2, 0.25) is 0 Å². The number of ether oxygens (including phenoxy) is 1. The van der Waals surface area contributed by atoms with Crippen molar-refractivity contribution < 1.29 is 13.9 Å². The molecule has 0 atom stereocenters. The molecule has 5 nitrogen and oxygen atoms in total. The van der Waals surface area contributed by atoms with Gasteiger partial charge in [0.1, 0.15) is 45.0 Å². The SMILES string of the molecule is c1ccc(-c2ccc(-c3cc4[n+]5c6c3c3ccccc3n6-c3cccc6c3C53c5c(cccc5-n5c7ccccc7c7c(-c8ccc(-c9ccccc9)cc8)cc-4[n+]3c75)O6)cc2)cc1. The predicted molar refractivity (Wildman–Crippen MR) is 254 cm³/mol. The summed E-state index contributed by atoms with van der Waals surface area (Å²) in [4.78, 5) is 0. The zero-order valence-electron chi connectivity index (χ0n) is 34.3. The molecule has 16 rings (SSSR count). The first-order chi connectivity index (χ1) is 31.8. The lowest BCUT2D eigenvalue weighted by atomic mass is 9.82. The molecule has 64 heavy (non-hydrogen) atoms. The number of hydrogen-bond donors (Lipinski definition) is 0. The molecule has 4 aromatic heterocycles. The number of hydrogen-bond acceptors (Lipinski definition) is 1. The zero-order valence-corrected chi connectivity index (χ0v) is 34.3. The summed E-state index contributed by atoms with van der Waals surface area (Å²) >= 11 is 0. The molecule has 0 N–H and O–H groups in total. The van der Waals surface area contributed by atoms with Crippen LogP contribution in [0.5, 0.6) is 11.5 Å². The summed E-state index contributed by atoms with van der Waals surface area (Å²) in [5.41, 5.74) is 20.5. The van der Waals surface area contributed by atoms with Crippen LogP contribution in [-0.4, -0.2) is 9.13 Å². The summed E-state index contributed by atoms with van der Waals surface area (Å²) < 4.78 is 17.5. The van der Waals surface area contributed by atoms with E-state index in [2.05, 4.69) is 225 Å². The predicted octanol–water partition coefficient (Wildman–Crippen LogP) is 13.1. The van der Waals surface area contributed by atoms with Crippen molar-refractivity contribution in [2.45, 2.75) is 5.66 Å². The van der Waals surface area contributed by atoms with E-state index in [-0.39, 0.29) is 0 Å². The minimum atomic E-state index is -0.780. The normalized spacial score (nSPS) is 13.9. The van der Waals surface area contributed by atoms with E-state index in [0.29, 0.717) is 0 Å². The Morgan fingerprint density at radius 3 is 1.20 bits per heavy atom. The first-order valence-corrected chi connectivity index (χ1v) is 22.1. The fourth-order valence-corrected chi connectivity index (χ4v) is 12.2. The molecule has 0 saturated heterocycles. The van der Waals surface area contributed by atoms with Crippen LogP contribution in [0.4, 0.5) is 0 Å². The van der Waals surface area contributed by atoms with Gasteiger partial charge in [0.25, 0.3) is 0 Å². The van der Waals surface area contributed by atoms with Crippen LogP contribution in [0.25, 0.3) is 111 Å². The van der Waals surface area contributed by atoms with Crippen molar-refractivity contribution in [3.05, 3.63) is 217 Å². The quantitative estimate of drug-likeness (QED) is 0.163. The van der Waals surface area contributed by atoms with E-state index >= 15 is 0 Å². The molecular weight excluding hydrogens is 781 g/mol. The standard InChI is InChI=1S/C59H34N4O/c1-3-13-35(14-4-1)37-25-29-39(30-26-37)43-33-49-50-34-44(40-31-27-38(28-32-40)36-15-5-2-6-16-36)54-42-18-8-10-20-46(42)61-48-22-12-24-52-56(48)59(63(50)58(54)61)55-47(21-11-23-51(55)64-52)60-45-19-9-7-17-41(45)53(43)57(60)62(49)59/h1-34H/q+2. The Morgan fingerprint density at radius 1 is 0.359 bits per heavy atom. The number of benzene rings is 8. The second-order valence-corrected chi connectivity index (χ2v) is 17.6. The van der Waals surface area contributed by atoms with Crippen LogP contribution >= 0.6 is 0 Å². The van der Waals surface area contributed by atoms with Gasteiger partial charge < -0.3 is 4.74 Å². The van der Waals surface area contributed by atoms with Crippen LogP contribution in [0.1, 0.15) is 11.1 Å². The average molecular weight is 815 g/mol. The Morgan fingerprint density at radius 2 is 0.750 bits per heavy atom. The average Bonchev–Trinajstić information content (AvgIpc) is 3.99. The van der Waals surface area contributed by atoms with Gasteiger partial charge in [-0.2, -0.15) is 18.3 Å². The van der Waals surface area contributed by atoms with E-state index in [4.69, 9.17) is 4.74 Å². The largest absolute Gasteiger partial charge is 0.456 e. The minimum absolute atomic E-state index is 0.780. The molecule has 0 radical (unpaired) electrons. The fraction of sp³-hybridized carbons (Fsp3) is 0.0169. The zero-order chi connectivity index (χ0) is 41.4. The maximum absolute atomic E-state index is 7.11. The van der Waals surface area contributed by atoms with Crippen molar-refractivity contribution in [3.8, 4) is 78.8 Å². The molecule has 0 bridgehead atoms. The molecule has 8 heterocycles. The molecule has 1 spiro atoms. The van der Waals surface area contributed by atoms with Gasteiger partial charge in [0.15, 0.2) is 11.4 Å². The molecule has 294 valence electrons. The van der Waals surface area contributed by atoms with Crippen molar-refractivity contribution in [1.82, 2.24) is 9.13 Å². The summed E-state index contributed by atoms with van der Waals surface area (Å²) in [5.74, 6) is 1.77. The molecule has 0 fully saturated rings. The maximum Gasteiger partial charge on any atom is 0.323 e. The monoisotopic (exact) mass is 814 g/mol. The second kappa shape index (κ2) is 11.5. The molecule has 0 saturated carbocycles. The highest BCUT2D eigenvalue weighted by Crippen LogP contribution is 2.59. The van der Waals surface area contributed by atoms with Gasteiger partial charge in [0.05, 0.1) is 10.8 Å². The van der Waals surface area contributed by atoms with Crippen LogP contribution in [-0.2, 0) is 5.66 Å². The van der Waals surface area contributed by atoms with Gasteiger partial charge in [0, 0.05) is 21.9 Å². The molecule has 0 aliphatic carbocycles. The maximum atomic E-state index is 7.11. The van der Waals surface area contributed by atoms with Crippen molar-refractivity contribution >= 4 is 43.9 Å². The highest BCUT2D eigenvalue weighted by molar-refractivity contribution is 6.17. The Labute approximate surface area is 367 Å². The smallest absolute Gasteiger partial charge is 0.323 e. The molecule has 0 unspecified atom stereocenters. The third-order valence-electron chi connectivity index (χ3n) is 14.6. The highest BCUT2D eigenvalue weighted by atomic mass is 16.5. The van der Waals surface area contributed by atoms with Crippen molar-refractivity contribution in [2.24, 2.45) is 0 Å². The lowest BCUT2D eigenvalue weighted by molar-refractivity contribution is -0.920. The lowest BCUT2D eigenvalue weighted by Crippen LogP contribution is -2.75. The lowest BCUT2D eigenvalue weighted by Gasteiger charge is -2.39. The number of rotatable bonds is 4. The van der Waals surface area contributed by atoms with Gasteiger partial charge in [-0.05, 0) is 94.0 Å². The van der Waals surface area contributed by atoms with E-state index in [1.807, 2.05) is 0 Å². The Balaban J connectivity index is 1.11. The van der Waals surface area contributed by atoms with Gasteiger partial charge in [-0.1, -0.05) is 146 Å². The van der Waals surface area contributed by atoms with Gasteiger partial charge in [-0.3, -0.25) is 0 Å². The summed E-state index contributed by atoms with van der Waals surface area (Å²) in [7, 11) is 0. The molecule has 4 aliphatic heterocycles. The first kappa shape index (κ1) is 33.1. The van der Waals surface area contributed by atoms with E-state index < -0.39 is 5.66 Å². The molecule has 5 heteroatoms. The molecule has 4 aliphatic rings. The number of pyridine rings is 2. The third-order valence-corrected chi connectivity index (χ3v) is 14.6. The number of para-hydroxylation sites is 2. The first-order valence-electron chi connectivity index (χ1n) is 22.1. The molecule has 12 aromatic rings. The van der Waals surface area contributed by atoms with Gasteiger partial charge in [-0.15, -0.1) is 0 Å². The van der Waals surface area contributed by atoms with Crippen molar-refractivity contribution in [3.63, 3.8) is 0 Å². The summed E-state index contributed by atoms with van der Waals surface area (Å²) in [6.45, 7) is 0. The molecular formula is C59H34N4O+2. The second-order valence-electron chi connectivity index (χ2n) is 17.6. The summed E-state index contributed by atoms with van der Waals surface area (Å²) in [6, 6.07) is 75.9. The van der Waals surface area contributed by atoms with Crippen LogP contribution in [0.3, 0.4) is 0 Å². The van der Waals surface area contributed by atoms with Gasteiger partial charge in [0.2, 0.25) is 0 Å². The Hall–Kier alpha value is -8.54. The van der Waals surface area contributed by atoms with Crippen molar-refractivity contribution in [1.29, 1.82) is 0 Å². The van der Waals surface area contributed by atoms with Crippen LogP contribution in [0, 0.1) is 0 Å². The number of fused-ring (bicyclic) bond motifs is 9. The molecule has 8 aromatic carbocycles. The topological polar surface area (TPSA) is 26.8 Å². The van der Waals surface area contributed by atoms with Crippen molar-refractivity contribution in [2.75, 3.05) is 0 Å². The Kier molecular flexibility index (Phi) is 5.94. The van der Waals surface area contributed by atoms with E-state index in [0.717, 1.165) is 34.0 Å². The number of nitrogens with zero attached hydrogens (tertiary/aromatic N) is 4. The summed E-state index contributed by atoms with van der Waals surface area (Å²) in [6.07, 6.45) is 0. The van der Waals surface area contributed by atoms with Gasteiger partial charge >= 0.3 is 17.0 Å².